The number of hydrogen-bond acceptors (Lipinski definition) is 3. The van der Waals surface area contributed by atoms with Gasteiger partial charge in [0, 0.05) is 6.04 Å². The minimum Gasteiger partial charge on any atom is -0.493 e. The summed E-state index contributed by atoms with van der Waals surface area (Å²) in [5.41, 5.74) is 7.96. The molecule has 1 rings (SSSR count). The fourth-order valence-corrected chi connectivity index (χ4v) is 2.22. The molecule has 0 saturated heterocycles. The van der Waals surface area contributed by atoms with Gasteiger partial charge >= 0.3 is 0 Å². The van der Waals surface area contributed by atoms with Gasteiger partial charge in [-0.25, -0.2) is 0 Å². The van der Waals surface area contributed by atoms with Gasteiger partial charge < -0.3 is 15.2 Å². The molecule has 1 unspecified atom stereocenters. The van der Waals surface area contributed by atoms with E-state index in [2.05, 4.69) is 15.9 Å². The van der Waals surface area contributed by atoms with Gasteiger partial charge in [-0.2, -0.15) is 0 Å². The van der Waals surface area contributed by atoms with Gasteiger partial charge in [0.2, 0.25) is 0 Å². The zero-order valence-corrected chi connectivity index (χ0v) is 11.0. The molecule has 0 aliphatic rings. The first kappa shape index (κ1) is 12.3. The fourth-order valence-electron chi connectivity index (χ4n) is 1.63. The standard InChI is InChI=1S/C11H16BrNO2/c1-6-8(7(2)13)5-9(12)11(15-4)10(6)14-3/h5,7H,13H2,1-4H3. The van der Waals surface area contributed by atoms with Gasteiger partial charge in [0.1, 0.15) is 0 Å². The highest BCUT2D eigenvalue weighted by molar-refractivity contribution is 9.10. The van der Waals surface area contributed by atoms with Crippen LogP contribution in [0.3, 0.4) is 0 Å². The number of nitrogens with two attached hydrogens (primary N) is 1. The van der Waals surface area contributed by atoms with E-state index in [-0.39, 0.29) is 6.04 Å². The molecule has 1 aromatic carbocycles. The van der Waals surface area contributed by atoms with Gasteiger partial charge in [0.25, 0.3) is 0 Å². The number of ether oxygens (including phenoxy) is 2. The molecule has 0 radical (unpaired) electrons. The molecule has 0 spiro atoms. The molecule has 15 heavy (non-hydrogen) atoms. The van der Waals surface area contributed by atoms with Crippen LogP contribution in [0.1, 0.15) is 24.1 Å². The summed E-state index contributed by atoms with van der Waals surface area (Å²) >= 11 is 3.44. The third-order valence-corrected chi connectivity index (χ3v) is 2.97. The van der Waals surface area contributed by atoms with Crippen LogP contribution >= 0.6 is 15.9 Å². The number of rotatable bonds is 3. The molecule has 4 heteroatoms. The van der Waals surface area contributed by atoms with Crippen LogP contribution in [0.25, 0.3) is 0 Å². The number of methoxy groups -OCH3 is 2. The maximum Gasteiger partial charge on any atom is 0.175 e. The third kappa shape index (κ3) is 2.26. The van der Waals surface area contributed by atoms with Crippen molar-refractivity contribution in [3.05, 3.63) is 21.7 Å². The van der Waals surface area contributed by atoms with E-state index in [9.17, 15) is 0 Å². The lowest BCUT2D eigenvalue weighted by molar-refractivity contribution is 0.350. The summed E-state index contributed by atoms with van der Waals surface area (Å²) in [6.07, 6.45) is 0. The summed E-state index contributed by atoms with van der Waals surface area (Å²) in [6.45, 7) is 3.92. The normalized spacial score (nSPS) is 12.4. The highest BCUT2D eigenvalue weighted by Crippen LogP contribution is 2.40. The summed E-state index contributed by atoms with van der Waals surface area (Å²) in [5.74, 6) is 1.44. The smallest absolute Gasteiger partial charge is 0.175 e. The molecule has 2 N–H and O–H groups in total. The first-order valence-electron chi connectivity index (χ1n) is 4.69. The van der Waals surface area contributed by atoms with Crippen molar-refractivity contribution >= 4 is 15.9 Å². The maximum absolute atomic E-state index is 5.88. The van der Waals surface area contributed by atoms with Crippen LogP contribution in [0, 0.1) is 6.92 Å². The third-order valence-electron chi connectivity index (χ3n) is 2.38. The van der Waals surface area contributed by atoms with Crippen LogP contribution in [-0.2, 0) is 0 Å². The lowest BCUT2D eigenvalue weighted by Gasteiger charge is -2.17. The minimum absolute atomic E-state index is 0.0268. The summed E-state index contributed by atoms with van der Waals surface area (Å²) in [5, 5.41) is 0. The van der Waals surface area contributed by atoms with Crippen molar-refractivity contribution in [1.29, 1.82) is 0 Å². The summed E-state index contributed by atoms with van der Waals surface area (Å²) in [7, 11) is 3.25. The number of benzene rings is 1. The second-order valence-corrected chi connectivity index (χ2v) is 4.28. The van der Waals surface area contributed by atoms with E-state index in [0.29, 0.717) is 5.75 Å². The topological polar surface area (TPSA) is 44.5 Å². The summed E-state index contributed by atoms with van der Waals surface area (Å²) in [6, 6.07) is 1.95. The van der Waals surface area contributed by atoms with E-state index < -0.39 is 0 Å². The predicted molar refractivity (Wildman–Crippen MR) is 64.6 cm³/mol. The molecular weight excluding hydrogens is 258 g/mol. The Morgan fingerprint density at radius 3 is 2.20 bits per heavy atom. The Hall–Kier alpha value is -0.740. The quantitative estimate of drug-likeness (QED) is 0.921. The molecule has 1 aromatic rings. The minimum atomic E-state index is -0.0268. The van der Waals surface area contributed by atoms with Crippen LogP contribution in [0.2, 0.25) is 0 Å². The lowest BCUT2D eigenvalue weighted by Crippen LogP contribution is -2.08. The zero-order chi connectivity index (χ0) is 11.6. The Morgan fingerprint density at radius 2 is 1.80 bits per heavy atom. The van der Waals surface area contributed by atoms with E-state index in [0.717, 1.165) is 21.3 Å². The van der Waals surface area contributed by atoms with E-state index in [1.54, 1.807) is 14.2 Å². The van der Waals surface area contributed by atoms with Gasteiger partial charge in [-0.1, -0.05) is 0 Å². The van der Waals surface area contributed by atoms with Crippen LogP contribution < -0.4 is 15.2 Å². The number of hydrogen-bond donors (Lipinski definition) is 1. The molecule has 0 saturated carbocycles. The SMILES string of the molecule is COc1c(Br)cc(C(C)N)c(C)c1OC. The molecule has 0 aliphatic heterocycles. The van der Waals surface area contributed by atoms with Crippen LogP contribution in [-0.4, -0.2) is 14.2 Å². The lowest BCUT2D eigenvalue weighted by atomic mass is 10.0. The van der Waals surface area contributed by atoms with Crippen molar-refractivity contribution in [2.75, 3.05) is 14.2 Å². The summed E-state index contributed by atoms with van der Waals surface area (Å²) in [4.78, 5) is 0. The van der Waals surface area contributed by atoms with E-state index in [4.69, 9.17) is 15.2 Å². The second-order valence-electron chi connectivity index (χ2n) is 3.43. The first-order chi connectivity index (χ1) is 7.02. The van der Waals surface area contributed by atoms with Crippen molar-refractivity contribution in [3.8, 4) is 11.5 Å². The van der Waals surface area contributed by atoms with Crippen molar-refractivity contribution in [1.82, 2.24) is 0 Å². The second kappa shape index (κ2) is 4.86. The Balaban J connectivity index is 3.44. The predicted octanol–water partition coefficient (Wildman–Crippen LogP) is 2.79. The fraction of sp³-hybridized carbons (Fsp3) is 0.455. The Bertz CT molecular complexity index is 364. The van der Waals surface area contributed by atoms with Crippen LogP contribution in [0.5, 0.6) is 11.5 Å². The molecule has 0 amide bonds. The van der Waals surface area contributed by atoms with Crippen molar-refractivity contribution in [2.45, 2.75) is 19.9 Å². The first-order valence-corrected chi connectivity index (χ1v) is 5.48. The van der Waals surface area contributed by atoms with E-state index >= 15 is 0 Å². The molecule has 0 aromatic heterocycles. The number of halogens is 1. The molecule has 1 atom stereocenters. The highest BCUT2D eigenvalue weighted by Gasteiger charge is 2.17. The van der Waals surface area contributed by atoms with E-state index in [1.807, 2.05) is 19.9 Å². The molecular formula is C11H16BrNO2. The van der Waals surface area contributed by atoms with Crippen molar-refractivity contribution < 1.29 is 9.47 Å². The van der Waals surface area contributed by atoms with Gasteiger partial charge in [0.15, 0.2) is 11.5 Å². The maximum atomic E-state index is 5.88. The summed E-state index contributed by atoms with van der Waals surface area (Å²) < 4.78 is 11.5. The highest BCUT2D eigenvalue weighted by atomic mass is 79.9. The Kier molecular flexibility index (Phi) is 3.99. The van der Waals surface area contributed by atoms with E-state index in [1.165, 1.54) is 0 Å². The monoisotopic (exact) mass is 273 g/mol. The van der Waals surface area contributed by atoms with Gasteiger partial charge in [0.05, 0.1) is 18.7 Å². The average Bonchev–Trinajstić information content (AvgIpc) is 2.19. The average molecular weight is 274 g/mol. The molecule has 0 fully saturated rings. The van der Waals surface area contributed by atoms with Gasteiger partial charge in [-0.3, -0.25) is 0 Å². The van der Waals surface area contributed by atoms with Gasteiger partial charge in [-0.05, 0) is 47.0 Å². The van der Waals surface area contributed by atoms with Gasteiger partial charge in [-0.15, -0.1) is 0 Å². The molecule has 0 aliphatic carbocycles. The Labute approximate surface area is 98.7 Å². The molecule has 0 heterocycles. The van der Waals surface area contributed by atoms with Crippen molar-refractivity contribution in [2.24, 2.45) is 5.73 Å². The molecule has 3 nitrogen and oxygen atoms in total. The molecule has 84 valence electrons. The zero-order valence-electron chi connectivity index (χ0n) is 9.43. The van der Waals surface area contributed by atoms with Crippen LogP contribution in [0.4, 0.5) is 0 Å². The molecule has 0 bridgehead atoms. The Morgan fingerprint density at radius 1 is 1.27 bits per heavy atom. The van der Waals surface area contributed by atoms with Crippen molar-refractivity contribution in [3.63, 3.8) is 0 Å². The van der Waals surface area contributed by atoms with Crippen LogP contribution in [0.15, 0.2) is 10.5 Å². The largest absolute Gasteiger partial charge is 0.493 e.